The van der Waals surface area contributed by atoms with Gasteiger partial charge in [0, 0.05) is 30.8 Å². The number of hydrogen-bond acceptors (Lipinski definition) is 6. The fourth-order valence-electron chi connectivity index (χ4n) is 4.56. The minimum atomic E-state index is -3.96. The van der Waals surface area contributed by atoms with Gasteiger partial charge >= 0.3 is 0 Å². The molecule has 5 rings (SSSR count). The molecule has 4 aromatic rings. The highest BCUT2D eigenvalue weighted by atomic mass is 35.5. The Morgan fingerprint density at radius 3 is 2.50 bits per heavy atom. The zero-order valence-corrected chi connectivity index (χ0v) is 23.7. The zero-order valence-electron chi connectivity index (χ0n) is 22.1. The minimum absolute atomic E-state index is 0.0434. The Kier molecular flexibility index (Phi) is 8.41. The molecule has 1 saturated heterocycles. The van der Waals surface area contributed by atoms with E-state index in [1.165, 1.54) is 41.7 Å². The van der Waals surface area contributed by atoms with Gasteiger partial charge in [0.1, 0.15) is 17.3 Å². The van der Waals surface area contributed by atoms with E-state index in [-0.39, 0.29) is 35.7 Å². The molecule has 0 amide bonds. The van der Waals surface area contributed by atoms with Crippen LogP contribution in [0, 0.1) is 12.7 Å². The SMILES string of the molecule is COc1ccc(S(=O)(=O)N(Cc2c(C)nn(-c3ccc(Cl)cc3)c2Oc2cccc(F)c2)C[C@@H]2CCCO2)cc1. The molecule has 0 radical (unpaired) electrons. The number of hydrogen-bond donors (Lipinski definition) is 0. The highest BCUT2D eigenvalue weighted by Gasteiger charge is 2.32. The third kappa shape index (κ3) is 6.15. The first-order valence-electron chi connectivity index (χ1n) is 12.8. The number of halogens is 2. The zero-order chi connectivity index (χ0) is 28.3. The van der Waals surface area contributed by atoms with Crippen molar-refractivity contribution in [3.63, 3.8) is 0 Å². The van der Waals surface area contributed by atoms with Crippen molar-refractivity contribution in [3.05, 3.63) is 94.9 Å². The van der Waals surface area contributed by atoms with Gasteiger partial charge in [-0.1, -0.05) is 17.7 Å². The van der Waals surface area contributed by atoms with Gasteiger partial charge in [0.05, 0.1) is 35.1 Å². The number of nitrogens with zero attached hydrogens (tertiary/aromatic N) is 3. The third-order valence-corrected chi connectivity index (χ3v) is 8.76. The van der Waals surface area contributed by atoms with Crippen molar-refractivity contribution in [1.29, 1.82) is 0 Å². The summed E-state index contributed by atoms with van der Waals surface area (Å²) in [5, 5.41) is 5.23. The monoisotopic (exact) mass is 585 g/mol. The summed E-state index contributed by atoms with van der Waals surface area (Å²) in [6.45, 7) is 2.48. The van der Waals surface area contributed by atoms with E-state index >= 15 is 0 Å². The molecule has 0 bridgehead atoms. The smallest absolute Gasteiger partial charge is 0.243 e. The standard InChI is InChI=1S/C29H29ClFN3O5S/c1-20-28(19-33(18-26-7-4-16-38-26)40(35,36)27-14-12-24(37-2)13-15-27)29(39-25-6-3-5-22(31)17-25)34(32-20)23-10-8-21(30)9-11-23/h3,5-6,8-15,17,26H,4,7,16,18-19H2,1-2H3/t26-/m0/s1. The average molecular weight is 586 g/mol. The van der Waals surface area contributed by atoms with E-state index in [4.69, 9.17) is 25.8 Å². The molecule has 3 aromatic carbocycles. The third-order valence-electron chi connectivity index (χ3n) is 6.68. The molecule has 0 spiro atoms. The summed E-state index contributed by atoms with van der Waals surface area (Å²) in [6, 6.07) is 19.0. The normalized spacial score (nSPS) is 15.5. The fourth-order valence-corrected chi connectivity index (χ4v) is 6.13. The van der Waals surface area contributed by atoms with Crippen LogP contribution in [0.2, 0.25) is 5.02 Å². The minimum Gasteiger partial charge on any atom is -0.497 e. The highest BCUT2D eigenvalue weighted by molar-refractivity contribution is 7.89. The molecular weight excluding hydrogens is 557 g/mol. The van der Waals surface area contributed by atoms with E-state index < -0.39 is 15.8 Å². The highest BCUT2D eigenvalue weighted by Crippen LogP contribution is 2.34. The predicted molar refractivity (Wildman–Crippen MR) is 149 cm³/mol. The summed E-state index contributed by atoms with van der Waals surface area (Å²) < 4.78 is 62.1. The number of rotatable bonds is 10. The fraction of sp³-hybridized carbons (Fsp3) is 0.276. The lowest BCUT2D eigenvalue weighted by Crippen LogP contribution is -2.37. The number of benzene rings is 3. The summed E-state index contributed by atoms with van der Waals surface area (Å²) in [7, 11) is -2.44. The lowest BCUT2D eigenvalue weighted by atomic mass is 10.2. The van der Waals surface area contributed by atoms with E-state index in [0.717, 1.165) is 12.8 Å². The molecule has 1 aliphatic rings. The van der Waals surface area contributed by atoms with Crippen molar-refractivity contribution in [1.82, 2.24) is 14.1 Å². The predicted octanol–water partition coefficient (Wildman–Crippen LogP) is 6.14. The molecule has 0 N–H and O–H groups in total. The molecule has 8 nitrogen and oxygen atoms in total. The Labute approximate surface area is 237 Å². The van der Waals surface area contributed by atoms with Crippen LogP contribution in [0.1, 0.15) is 24.1 Å². The summed E-state index contributed by atoms with van der Waals surface area (Å²) in [5.41, 5.74) is 1.74. The Morgan fingerprint density at radius 1 is 1.10 bits per heavy atom. The van der Waals surface area contributed by atoms with E-state index in [9.17, 15) is 12.8 Å². The molecule has 0 saturated carbocycles. The first-order chi connectivity index (χ1) is 19.2. The van der Waals surface area contributed by atoms with Gasteiger partial charge in [-0.3, -0.25) is 0 Å². The maximum Gasteiger partial charge on any atom is 0.243 e. The first kappa shape index (κ1) is 28.1. The maximum atomic E-state index is 14.1. The Morgan fingerprint density at radius 2 is 1.85 bits per heavy atom. The number of aromatic nitrogens is 2. The quantitative estimate of drug-likeness (QED) is 0.222. The van der Waals surface area contributed by atoms with Crippen LogP contribution in [-0.2, 0) is 21.3 Å². The van der Waals surface area contributed by atoms with Gasteiger partial charge in [0.15, 0.2) is 0 Å². The second kappa shape index (κ2) is 12.0. The molecule has 0 unspecified atom stereocenters. The molecule has 210 valence electrons. The lowest BCUT2D eigenvalue weighted by molar-refractivity contribution is 0.0924. The van der Waals surface area contributed by atoms with E-state index in [1.807, 2.05) is 0 Å². The Bertz CT molecular complexity index is 1570. The van der Waals surface area contributed by atoms with Crippen LogP contribution in [0.4, 0.5) is 4.39 Å². The van der Waals surface area contributed by atoms with Crippen molar-refractivity contribution in [2.75, 3.05) is 20.3 Å². The van der Waals surface area contributed by atoms with Gasteiger partial charge in [-0.15, -0.1) is 0 Å². The summed E-state index contributed by atoms with van der Waals surface area (Å²) in [6.07, 6.45) is 1.37. The molecule has 1 atom stereocenters. The van der Waals surface area contributed by atoms with Crippen molar-refractivity contribution < 1.29 is 27.0 Å². The second-order valence-corrected chi connectivity index (χ2v) is 11.8. The summed E-state index contributed by atoms with van der Waals surface area (Å²) >= 11 is 6.10. The van der Waals surface area contributed by atoms with Crippen LogP contribution >= 0.6 is 11.6 Å². The van der Waals surface area contributed by atoms with Crippen molar-refractivity contribution in [2.45, 2.75) is 37.3 Å². The van der Waals surface area contributed by atoms with Crippen LogP contribution in [0.5, 0.6) is 17.4 Å². The van der Waals surface area contributed by atoms with Gasteiger partial charge in [-0.25, -0.2) is 17.5 Å². The molecule has 11 heteroatoms. The van der Waals surface area contributed by atoms with Crippen LogP contribution in [0.3, 0.4) is 0 Å². The Balaban J connectivity index is 1.58. The molecule has 1 aliphatic heterocycles. The van der Waals surface area contributed by atoms with Crippen LogP contribution in [0.25, 0.3) is 5.69 Å². The second-order valence-electron chi connectivity index (χ2n) is 9.42. The van der Waals surface area contributed by atoms with Gasteiger partial charge < -0.3 is 14.2 Å². The summed E-state index contributed by atoms with van der Waals surface area (Å²) in [5.74, 6) is 0.610. The molecule has 1 fully saturated rings. The van der Waals surface area contributed by atoms with E-state index in [1.54, 1.807) is 54.1 Å². The van der Waals surface area contributed by atoms with Crippen molar-refractivity contribution in [2.24, 2.45) is 0 Å². The molecular formula is C29H29ClFN3O5S. The summed E-state index contributed by atoms with van der Waals surface area (Å²) in [4.78, 5) is 0.127. The number of sulfonamides is 1. The van der Waals surface area contributed by atoms with Crippen LogP contribution < -0.4 is 9.47 Å². The van der Waals surface area contributed by atoms with Crippen LogP contribution in [-0.4, -0.2) is 48.9 Å². The number of aryl methyl sites for hydroxylation is 1. The lowest BCUT2D eigenvalue weighted by Gasteiger charge is -2.25. The first-order valence-corrected chi connectivity index (χ1v) is 14.6. The van der Waals surface area contributed by atoms with Gasteiger partial charge in [-0.05, 0) is 80.4 Å². The number of ether oxygens (including phenoxy) is 3. The molecule has 40 heavy (non-hydrogen) atoms. The maximum absolute atomic E-state index is 14.1. The molecule has 1 aromatic heterocycles. The Hall–Kier alpha value is -3.44. The average Bonchev–Trinajstić information content (AvgIpc) is 3.57. The van der Waals surface area contributed by atoms with Crippen molar-refractivity contribution in [3.8, 4) is 23.1 Å². The van der Waals surface area contributed by atoms with Gasteiger partial charge in [0.25, 0.3) is 0 Å². The topological polar surface area (TPSA) is 82.9 Å². The van der Waals surface area contributed by atoms with Gasteiger partial charge in [0.2, 0.25) is 15.9 Å². The van der Waals surface area contributed by atoms with Crippen LogP contribution in [0.15, 0.2) is 77.7 Å². The van der Waals surface area contributed by atoms with Gasteiger partial charge in [-0.2, -0.15) is 9.40 Å². The molecule has 2 heterocycles. The van der Waals surface area contributed by atoms with E-state index in [2.05, 4.69) is 5.10 Å². The van der Waals surface area contributed by atoms with Crippen molar-refractivity contribution >= 4 is 21.6 Å². The number of methoxy groups -OCH3 is 1. The molecule has 0 aliphatic carbocycles. The largest absolute Gasteiger partial charge is 0.497 e. The van der Waals surface area contributed by atoms with E-state index in [0.29, 0.717) is 34.3 Å².